The van der Waals surface area contributed by atoms with Crippen LogP contribution in [0.4, 0.5) is 0 Å². The van der Waals surface area contributed by atoms with Crippen LogP contribution >= 0.6 is 15.9 Å². The number of hydrogen-bond acceptors (Lipinski definition) is 2. The predicted molar refractivity (Wildman–Crippen MR) is 48.5 cm³/mol. The molecule has 0 unspecified atom stereocenters. The zero-order valence-electron chi connectivity index (χ0n) is 6.71. The van der Waals surface area contributed by atoms with Crippen molar-refractivity contribution in [3.8, 4) is 0 Å². The van der Waals surface area contributed by atoms with Gasteiger partial charge in [0, 0.05) is 10.0 Å². The van der Waals surface area contributed by atoms with Crippen molar-refractivity contribution >= 4 is 15.9 Å². The molecule has 1 aliphatic rings. The van der Waals surface area contributed by atoms with Gasteiger partial charge in [0.15, 0.2) is 5.60 Å². The minimum Gasteiger partial charge on any atom is -0.232 e. The van der Waals surface area contributed by atoms with E-state index in [-0.39, 0.29) is 5.60 Å². The summed E-state index contributed by atoms with van der Waals surface area (Å²) in [6, 6.07) is 8.01. The van der Waals surface area contributed by atoms with Crippen LogP contribution in [0.25, 0.3) is 0 Å². The summed E-state index contributed by atoms with van der Waals surface area (Å²) >= 11 is 3.47. The third-order valence-corrected chi connectivity index (χ3v) is 2.71. The Labute approximate surface area is 79.5 Å². The van der Waals surface area contributed by atoms with Crippen LogP contribution in [0.5, 0.6) is 0 Å². The Morgan fingerprint density at radius 3 is 2.58 bits per heavy atom. The minimum atomic E-state index is -0.264. The molecule has 1 heterocycles. The van der Waals surface area contributed by atoms with E-state index in [2.05, 4.69) is 15.9 Å². The van der Waals surface area contributed by atoms with Crippen molar-refractivity contribution in [3.05, 3.63) is 34.3 Å². The summed E-state index contributed by atoms with van der Waals surface area (Å²) in [6.07, 6.45) is 0. The fourth-order valence-corrected chi connectivity index (χ4v) is 1.95. The van der Waals surface area contributed by atoms with E-state index in [9.17, 15) is 0 Å². The molecule has 2 rings (SSSR count). The van der Waals surface area contributed by atoms with Crippen molar-refractivity contribution in [2.24, 2.45) is 0 Å². The third kappa shape index (κ3) is 1.18. The van der Waals surface area contributed by atoms with E-state index in [1.807, 2.05) is 31.2 Å². The summed E-state index contributed by atoms with van der Waals surface area (Å²) < 4.78 is 1.07. The number of rotatable bonds is 1. The molecule has 64 valence electrons. The second-order valence-corrected chi connectivity index (χ2v) is 3.91. The van der Waals surface area contributed by atoms with Crippen molar-refractivity contribution in [2.45, 2.75) is 12.5 Å². The van der Waals surface area contributed by atoms with E-state index in [4.69, 9.17) is 9.78 Å². The van der Waals surface area contributed by atoms with Crippen LogP contribution in [-0.4, -0.2) is 6.61 Å². The Morgan fingerprint density at radius 1 is 1.42 bits per heavy atom. The first kappa shape index (κ1) is 8.23. The normalized spacial score (nSPS) is 28.2. The standard InChI is InChI=1S/C9H9BrO2/c1-9(6-11-12-9)7-4-2-3-5-8(7)10/h2-5H,6H2,1H3/t9-/m0/s1. The smallest absolute Gasteiger partial charge is 0.153 e. The highest BCUT2D eigenvalue weighted by molar-refractivity contribution is 9.10. The van der Waals surface area contributed by atoms with Gasteiger partial charge >= 0.3 is 0 Å². The van der Waals surface area contributed by atoms with E-state index < -0.39 is 0 Å². The second kappa shape index (κ2) is 2.83. The van der Waals surface area contributed by atoms with Crippen LogP contribution in [0.3, 0.4) is 0 Å². The van der Waals surface area contributed by atoms with Crippen LogP contribution in [0.15, 0.2) is 28.7 Å². The molecule has 1 aliphatic heterocycles. The lowest BCUT2D eigenvalue weighted by molar-refractivity contribution is -0.474. The first-order valence-corrected chi connectivity index (χ1v) is 4.57. The van der Waals surface area contributed by atoms with Gasteiger partial charge in [-0.15, -0.1) is 0 Å². The van der Waals surface area contributed by atoms with E-state index in [0.717, 1.165) is 10.0 Å². The van der Waals surface area contributed by atoms with Crippen molar-refractivity contribution < 1.29 is 9.78 Å². The second-order valence-electron chi connectivity index (χ2n) is 3.06. The molecule has 0 bridgehead atoms. The van der Waals surface area contributed by atoms with Gasteiger partial charge in [0.25, 0.3) is 0 Å². The third-order valence-electron chi connectivity index (χ3n) is 2.02. The highest BCUT2D eigenvalue weighted by Gasteiger charge is 2.39. The Hall–Kier alpha value is -0.380. The van der Waals surface area contributed by atoms with Gasteiger partial charge in [0.05, 0.1) is 0 Å². The molecule has 1 aromatic rings. The number of benzene rings is 1. The van der Waals surface area contributed by atoms with Crippen LogP contribution in [0.1, 0.15) is 12.5 Å². The maximum atomic E-state index is 5.06. The first-order chi connectivity index (χ1) is 5.72. The van der Waals surface area contributed by atoms with Gasteiger partial charge in [0.2, 0.25) is 0 Å². The molecule has 1 aromatic carbocycles. The van der Waals surface area contributed by atoms with E-state index >= 15 is 0 Å². The zero-order valence-corrected chi connectivity index (χ0v) is 8.30. The largest absolute Gasteiger partial charge is 0.232 e. The molecule has 0 N–H and O–H groups in total. The Morgan fingerprint density at radius 2 is 2.08 bits per heavy atom. The average molecular weight is 229 g/mol. The van der Waals surface area contributed by atoms with Gasteiger partial charge in [-0.05, 0) is 13.0 Å². The molecular formula is C9H9BrO2. The summed E-state index contributed by atoms with van der Waals surface area (Å²) in [6.45, 7) is 2.63. The van der Waals surface area contributed by atoms with Crippen LogP contribution in [0, 0.1) is 0 Å². The molecule has 0 amide bonds. The molecule has 12 heavy (non-hydrogen) atoms. The minimum absolute atomic E-state index is 0.264. The molecule has 1 atom stereocenters. The van der Waals surface area contributed by atoms with Crippen molar-refractivity contribution in [1.29, 1.82) is 0 Å². The van der Waals surface area contributed by atoms with Crippen LogP contribution < -0.4 is 0 Å². The topological polar surface area (TPSA) is 18.5 Å². The molecule has 1 saturated heterocycles. The van der Waals surface area contributed by atoms with Gasteiger partial charge < -0.3 is 0 Å². The first-order valence-electron chi connectivity index (χ1n) is 3.78. The lowest BCUT2D eigenvalue weighted by Gasteiger charge is -2.36. The van der Waals surface area contributed by atoms with E-state index in [0.29, 0.717) is 6.61 Å². The average Bonchev–Trinajstić information content (AvgIpc) is 2.01. The van der Waals surface area contributed by atoms with E-state index in [1.54, 1.807) is 0 Å². The molecule has 0 spiro atoms. The van der Waals surface area contributed by atoms with Crippen molar-refractivity contribution in [3.63, 3.8) is 0 Å². The molecule has 2 nitrogen and oxygen atoms in total. The number of hydrogen-bond donors (Lipinski definition) is 0. The summed E-state index contributed by atoms with van der Waals surface area (Å²) in [7, 11) is 0. The number of halogens is 1. The van der Waals surface area contributed by atoms with Crippen molar-refractivity contribution in [2.75, 3.05) is 6.61 Å². The quantitative estimate of drug-likeness (QED) is 0.689. The summed E-state index contributed by atoms with van der Waals surface area (Å²) in [5.74, 6) is 0. The summed E-state index contributed by atoms with van der Waals surface area (Å²) in [4.78, 5) is 9.78. The van der Waals surface area contributed by atoms with E-state index in [1.165, 1.54) is 0 Å². The fraction of sp³-hybridized carbons (Fsp3) is 0.333. The predicted octanol–water partition coefficient (Wildman–Crippen LogP) is 2.63. The van der Waals surface area contributed by atoms with Gasteiger partial charge in [-0.2, -0.15) is 0 Å². The Balaban J connectivity index is 2.39. The molecule has 0 radical (unpaired) electrons. The lowest BCUT2D eigenvalue weighted by Crippen LogP contribution is -2.41. The molecule has 1 fully saturated rings. The molecule has 3 heteroatoms. The molecule has 0 saturated carbocycles. The maximum Gasteiger partial charge on any atom is 0.153 e. The maximum absolute atomic E-state index is 5.06. The molecule has 0 aromatic heterocycles. The summed E-state index contributed by atoms with van der Waals surface area (Å²) in [5.41, 5.74) is 0.872. The summed E-state index contributed by atoms with van der Waals surface area (Å²) in [5, 5.41) is 0. The van der Waals surface area contributed by atoms with Gasteiger partial charge in [0.1, 0.15) is 6.61 Å². The molecule has 0 aliphatic carbocycles. The Bertz CT molecular complexity index is 294. The lowest BCUT2D eigenvalue weighted by atomic mass is 9.96. The molecular weight excluding hydrogens is 220 g/mol. The van der Waals surface area contributed by atoms with Gasteiger partial charge in [-0.3, -0.25) is 0 Å². The van der Waals surface area contributed by atoms with Gasteiger partial charge in [-0.1, -0.05) is 34.1 Å². The zero-order chi connectivity index (χ0) is 8.60. The van der Waals surface area contributed by atoms with Crippen LogP contribution in [-0.2, 0) is 15.4 Å². The fourth-order valence-electron chi connectivity index (χ4n) is 1.25. The van der Waals surface area contributed by atoms with Crippen molar-refractivity contribution in [1.82, 2.24) is 0 Å². The highest BCUT2D eigenvalue weighted by atomic mass is 79.9. The SMILES string of the molecule is C[C@@]1(c2ccccc2Br)COO1. The van der Waals surface area contributed by atoms with Crippen LogP contribution in [0.2, 0.25) is 0 Å². The Kier molecular flexibility index (Phi) is 1.94. The monoisotopic (exact) mass is 228 g/mol. The van der Waals surface area contributed by atoms with Gasteiger partial charge in [-0.25, -0.2) is 9.78 Å². The highest BCUT2D eigenvalue weighted by Crippen LogP contribution is 2.37.